The molecule has 3 heterocycles. The van der Waals surface area contributed by atoms with Gasteiger partial charge in [-0.05, 0) is 77.9 Å². The zero-order chi connectivity index (χ0) is 29.6. The Morgan fingerprint density at radius 1 is 0.773 bits per heavy atom. The summed E-state index contributed by atoms with van der Waals surface area (Å²) in [6, 6.07) is 39.8. The summed E-state index contributed by atoms with van der Waals surface area (Å²) >= 11 is 0. The second-order valence-corrected chi connectivity index (χ2v) is 10.8. The van der Waals surface area contributed by atoms with Crippen LogP contribution >= 0.6 is 0 Å². The number of hydrogen-bond acceptors (Lipinski definition) is 4. The summed E-state index contributed by atoms with van der Waals surface area (Å²) in [5.41, 5.74) is 6.90. The van der Waals surface area contributed by atoms with E-state index in [1.54, 1.807) is 0 Å². The van der Waals surface area contributed by atoms with Crippen molar-refractivity contribution in [3.63, 3.8) is 0 Å². The number of para-hydroxylation sites is 2. The fourth-order valence-electron chi connectivity index (χ4n) is 5.95. The summed E-state index contributed by atoms with van der Waals surface area (Å²) in [5, 5.41) is 14.7. The van der Waals surface area contributed by atoms with Gasteiger partial charge in [-0.3, -0.25) is 0 Å². The summed E-state index contributed by atoms with van der Waals surface area (Å²) in [5.74, 6) is 1.60. The molecule has 1 aliphatic rings. The van der Waals surface area contributed by atoms with E-state index in [4.69, 9.17) is 9.15 Å². The lowest BCUT2D eigenvalue weighted by Gasteiger charge is -2.14. The van der Waals surface area contributed by atoms with Crippen molar-refractivity contribution in [3.05, 3.63) is 156 Å². The van der Waals surface area contributed by atoms with E-state index < -0.39 is 0 Å². The van der Waals surface area contributed by atoms with E-state index in [2.05, 4.69) is 88.4 Å². The van der Waals surface area contributed by atoms with Gasteiger partial charge >= 0.3 is 0 Å². The molecule has 0 saturated heterocycles. The number of ether oxygens (including phenoxy) is 1. The third kappa shape index (κ3) is 4.38. The molecule has 0 unspecified atom stereocenters. The second-order valence-electron chi connectivity index (χ2n) is 10.8. The van der Waals surface area contributed by atoms with E-state index in [0.29, 0.717) is 39.7 Å². The molecule has 0 bridgehead atoms. The van der Waals surface area contributed by atoms with Crippen LogP contribution in [0.2, 0.25) is 0 Å². The first kappa shape index (κ1) is 25.6. The minimum absolute atomic E-state index is 0.291. The van der Waals surface area contributed by atoms with Gasteiger partial charge in [0.15, 0.2) is 5.58 Å². The summed E-state index contributed by atoms with van der Waals surface area (Å²) in [4.78, 5) is 4.65. The van der Waals surface area contributed by atoms with Crippen LogP contribution in [0.1, 0.15) is 18.4 Å². The topological polar surface area (TPSA) is 64.0 Å². The molecule has 44 heavy (non-hydrogen) atoms. The van der Waals surface area contributed by atoms with Crippen LogP contribution < -0.4 is 0 Å². The predicted octanol–water partition coefficient (Wildman–Crippen LogP) is 9.89. The molecular formula is C39H25N3O2. The molecule has 0 aliphatic carbocycles. The van der Waals surface area contributed by atoms with Crippen molar-refractivity contribution in [1.82, 2.24) is 9.55 Å². The monoisotopic (exact) mass is 567 g/mol. The third-order valence-electron chi connectivity index (χ3n) is 7.98. The SMILES string of the molecule is CC1=CC(=C(C#N)c2nc3cc4ccccc4cc3o2)C=C(C=Cc2ccc(-n3c4ccccc4c4ccccc43)cc2)O1. The standard InChI is InChI=1S/C39H25N3O2/c1-25-20-29(34(24-40)39-41-35-22-27-8-2-3-9-28(27)23-38(35)44-39)21-31(43-25)19-16-26-14-17-30(18-15-26)42-36-12-6-4-10-32(36)33-11-5-7-13-37(33)42/h2-23H,1H3. The number of hydrogen-bond donors (Lipinski definition) is 0. The lowest BCUT2D eigenvalue weighted by molar-refractivity contribution is 0.318. The fourth-order valence-corrected chi connectivity index (χ4v) is 5.95. The lowest BCUT2D eigenvalue weighted by atomic mass is 10.0. The number of fused-ring (bicyclic) bond motifs is 5. The molecule has 5 aromatic carbocycles. The van der Waals surface area contributed by atoms with Gasteiger partial charge < -0.3 is 13.7 Å². The molecule has 5 nitrogen and oxygen atoms in total. The molecular weight excluding hydrogens is 542 g/mol. The van der Waals surface area contributed by atoms with Gasteiger partial charge in [-0.15, -0.1) is 0 Å². The van der Waals surface area contributed by atoms with Crippen LogP contribution in [-0.4, -0.2) is 9.55 Å². The number of nitrogens with zero attached hydrogens (tertiary/aromatic N) is 3. The Morgan fingerprint density at radius 3 is 2.14 bits per heavy atom. The highest BCUT2D eigenvalue weighted by Crippen LogP contribution is 2.33. The third-order valence-corrected chi connectivity index (χ3v) is 7.98. The Kier molecular flexibility index (Phi) is 5.99. The summed E-state index contributed by atoms with van der Waals surface area (Å²) in [6.07, 6.45) is 7.61. The van der Waals surface area contributed by atoms with E-state index in [1.807, 2.05) is 67.6 Å². The van der Waals surface area contributed by atoms with Crippen molar-refractivity contribution in [2.45, 2.75) is 6.92 Å². The normalized spacial score (nSPS) is 14.6. The Labute approximate surface area is 253 Å². The molecule has 0 spiro atoms. The number of aromatic nitrogens is 2. The van der Waals surface area contributed by atoms with Crippen LogP contribution in [0.15, 0.2) is 149 Å². The van der Waals surface area contributed by atoms with Crippen LogP contribution in [0.4, 0.5) is 0 Å². The van der Waals surface area contributed by atoms with Crippen molar-refractivity contribution in [1.29, 1.82) is 5.26 Å². The molecule has 0 atom stereocenters. The maximum Gasteiger partial charge on any atom is 0.238 e. The molecule has 208 valence electrons. The van der Waals surface area contributed by atoms with Crippen LogP contribution in [0.25, 0.3) is 61.0 Å². The molecule has 8 rings (SSSR count). The van der Waals surface area contributed by atoms with Gasteiger partial charge in [0, 0.05) is 22.0 Å². The van der Waals surface area contributed by atoms with E-state index in [9.17, 15) is 5.26 Å². The molecule has 0 saturated carbocycles. The highest BCUT2D eigenvalue weighted by atomic mass is 16.5. The van der Waals surface area contributed by atoms with Crippen LogP contribution in [0.5, 0.6) is 0 Å². The van der Waals surface area contributed by atoms with E-state index in [1.165, 1.54) is 21.8 Å². The lowest BCUT2D eigenvalue weighted by Crippen LogP contribution is -1.98. The van der Waals surface area contributed by atoms with Crippen molar-refractivity contribution in [2.24, 2.45) is 0 Å². The number of allylic oxidation sites excluding steroid dienone is 6. The average molecular weight is 568 g/mol. The molecule has 0 radical (unpaired) electrons. The van der Waals surface area contributed by atoms with Gasteiger partial charge in [-0.25, -0.2) is 4.98 Å². The zero-order valence-electron chi connectivity index (χ0n) is 23.9. The van der Waals surface area contributed by atoms with Crippen LogP contribution in [0.3, 0.4) is 0 Å². The summed E-state index contributed by atoms with van der Waals surface area (Å²) < 4.78 is 14.4. The predicted molar refractivity (Wildman–Crippen MR) is 177 cm³/mol. The number of nitriles is 1. The van der Waals surface area contributed by atoms with Crippen LogP contribution in [0, 0.1) is 11.3 Å². The Morgan fingerprint density at radius 2 is 1.43 bits per heavy atom. The van der Waals surface area contributed by atoms with Gasteiger partial charge in [-0.2, -0.15) is 5.26 Å². The van der Waals surface area contributed by atoms with Gasteiger partial charge in [0.05, 0.1) is 11.0 Å². The molecule has 0 fully saturated rings. The van der Waals surface area contributed by atoms with Gasteiger partial charge in [0.1, 0.15) is 28.7 Å². The number of oxazole rings is 1. The van der Waals surface area contributed by atoms with Crippen molar-refractivity contribution >= 4 is 55.3 Å². The number of benzene rings is 5. The molecule has 7 aromatic rings. The maximum atomic E-state index is 10.1. The molecule has 1 aliphatic heterocycles. The van der Waals surface area contributed by atoms with Gasteiger partial charge in [0.2, 0.25) is 5.89 Å². The second kappa shape index (κ2) is 10.3. The Balaban J connectivity index is 1.11. The van der Waals surface area contributed by atoms with Crippen LogP contribution in [-0.2, 0) is 4.74 Å². The van der Waals surface area contributed by atoms with Crippen molar-refractivity contribution < 1.29 is 9.15 Å². The smallest absolute Gasteiger partial charge is 0.238 e. The Bertz CT molecular complexity index is 2320. The van der Waals surface area contributed by atoms with Crippen molar-refractivity contribution in [2.75, 3.05) is 0 Å². The van der Waals surface area contributed by atoms with E-state index in [0.717, 1.165) is 22.0 Å². The van der Waals surface area contributed by atoms with Gasteiger partial charge in [0.25, 0.3) is 0 Å². The van der Waals surface area contributed by atoms with E-state index >= 15 is 0 Å². The highest BCUT2D eigenvalue weighted by Gasteiger charge is 2.18. The first-order chi connectivity index (χ1) is 21.6. The quantitative estimate of drug-likeness (QED) is 0.199. The summed E-state index contributed by atoms with van der Waals surface area (Å²) in [7, 11) is 0. The van der Waals surface area contributed by atoms with E-state index in [-0.39, 0.29) is 0 Å². The van der Waals surface area contributed by atoms with Crippen molar-refractivity contribution in [3.8, 4) is 11.8 Å². The molecule has 2 aromatic heterocycles. The Hall–Kier alpha value is -6.12. The molecule has 0 amide bonds. The fraction of sp³-hybridized carbons (Fsp3) is 0.0256. The first-order valence-corrected chi connectivity index (χ1v) is 14.4. The molecule has 0 N–H and O–H groups in total. The zero-order valence-corrected chi connectivity index (χ0v) is 23.9. The average Bonchev–Trinajstić information content (AvgIpc) is 3.61. The minimum Gasteiger partial charge on any atom is -0.462 e. The largest absolute Gasteiger partial charge is 0.462 e. The highest BCUT2D eigenvalue weighted by molar-refractivity contribution is 6.09. The summed E-state index contributed by atoms with van der Waals surface area (Å²) in [6.45, 7) is 1.87. The maximum absolute atomic E-state index is 10.1. The molecule has 5 heteroatoms. The first-order valence-electron chi connectivity index (χ1n) is 14.4. The minimum atomic E-state index is 0.291. The number of rotatable bonds is 4. The van der Waals surface area contributed by atoms with Gasteiger partial charge in [-0.1, -0.05) is 78.9 Å².